The Morgan fingerprint density at radius 3 is 2.12 bits per heavy atom. The van der Waals surface area contributed by atoms with Crippen LogP contribution in [-0.4, -0.2) is 34.5 Å². The average molecular weight is 352 g/mol. The lowest BCUT2D eigenvalue weighted by molar-refractivity contribution is 0.312. The number of benzene rings is 2. The van der Waals surface area contributed by atoms with Crippen LogP contribution in [0.15, 0.2) is 36.4 Å². The lowest BCUT2D eigenvalue weighted by Crippen LogP contribution is -2.20. The molecule has 0 heterocycles. The van der Waals surface area contributed by atoms with Crippen molar-refractivity contribution in [2.24, 2.45) is 0 Å². The first-order chi connectivity index (χ1) is 11.7. The van der Waals surface area contributed by atoms with Crippen LogP contribution in [-0.2, 0) is 6.54 Å². The van der Waals surface area contributed by atoms with E-state index in [0.717, 1.165) is 17.1 Å². The van der Waals surface area contributed by atoms with E-state index in [4.69, 9.17) is 30.5 Å². The molecule has 2 aromatic carbocycles. The minimum Gasteiger partial charge on any atom is -0.497 e. The van der Waals surface area contributed by atoms with E-state index in [1.54, 1.807) is 27.4 Å². The van der Waals surface area contributed by atoms with Crippen LogP contribution in [0.4, 0.5) is 0 Å². The Bertz CT molecular complexity index is 646. The molecule has 0 aliphatic rings. The molecule has 6 heteroatoms. The van der Waals surface area contributed by atoms with Gasteiger partial charge in [0, 0.05) is 24.2 Å². The number of rotatable bonds is 9. The molecule has 0 atom stereocenters. The molecule has 130 valence electrons. The molecule has 0 amide bonds. The molecule has 2 rings (SSSR count). The standard InChI is InChI=1S/C18H22ClNO4/c1-21-14-4-6-15(7-5-14)24-9-8-20-12-13-10-17(22-2)18(23-3)11-16(13)19/h4-7,10-11,20H,8-9,12H2,1-3H3. The van der Waals surface area contributed by atoms with Crippen LogP contribution in [0, 0.1) is 0 Å². The summed E-state index contributed by atoms with van der Waals surface area (Å²) < 4.78 is 21.3. The Kier molecular flexibility index (Phi) is 7.03. The number of ether oxygens (including phenoxy) is 4. The molecule has 0 aromatic heterocycles. The molecule has 0 radical (unpaired) electrons. The van der Waals surface area contributed by atoms with E-state index in [1.165, 1.54) is 0 Å². The largest absolute Gasteiger partial charge is 0.497 e. The normalized spacial score (nSPS) is 10.3. The van der Waals surface area contributed by atoms with E-state index in [9.17, 15) is 0 Å². The van der Waals surface area contributed by atoms with Crippen molar-refractivity contribution in [2.75, 3.05) is 34.5 Å². The van der Waals surface area contributed by atoms with Gasteiger partial charge in [0.25, 0.3) is 0 Å². The highest BCUT2D eigenvalue weighted by Gasteiger charge is 2.09. The predicted octanol–water partition coefficient (Wildman–Crippen LogP) is 3.53. The van der Waals surface area contributed by atoms with Gasteiger partial charge in [-0.1, -0.05) is 11.6 Å². The zero-order chi connectivity index (χ0) is 17.4. The monoisotopic (exact) mass is 351 g/mol. The van der Waals surface area contributed by atoms with Crippen molar-refractivity contribution in [3.05, 3.63) is 47.0 Å². The van der Waals surface area contributed by atoms with E-state index in [2.05, 4.69) is 5.32 Å². The Labute approximate surface area is 147 Å². The fraction of sp³-hybridized carbons (Fsp3) is 0.333. The number of hydrogen-bond acceptors (Lipinski definition) is 5. The van der Waals surface area contributed by atoms with Gasteiger partial charge in [-0.25, -0.2) is 0 Å². The van der Waals surface area contributed by atoms with E-state index in [-0.39, 0.29) is 0 Å². The van der Waals surface area contributed by atoms with Crippen LogP contribution in [0.1, 0.15) is 5.56 Å². The van der Waals surface area contributed by atoms with Crippen molar-refractivity contribution >= 4 is 11.6 Å². The molecule has 0 saturated carbocycles. The first-order valence-electron chi connectivity index (χ1n) is 7.56. The maximum absolute atomic E-state index is 6.26. The second-order valence-electron chi connectivity index (χ2n) is 5.00. The predicted molar refractivity (Wildman–Crippen MR) is 94.8 cm³/mol. The van der Waals surface area contributed by atoms with Crippen molar-refractivity contribution in [1.82, 2.24) is 5.32 Å². The van der Waals surface area contributed by atoms with Crippen LogP contribution in [0.25, 0.3) is 0 Å². The molecule has 0 saturated heterocycles. The van der Waals surface area contributed by atoms with Crippen LogP contribution in [0.5, 0.6) is 23.0 Å². The second-order valence-corrected chi connectivity index (χ2v) is 5.41. The molecule has 0 spiro atoms. The van der Waals surface area contributed by atoms with E-state index in [0.29, 0.717) is 36.2 Å². The minimum atomic E-state index is 0.553. The third-order valence-electron chi connectivity index (χ3n) is 3.48. The summed E-state index contributed by atoms with van der Waals surface area (Å²) in [5.41, 5.74) is 0.943. The summed E-state index contributed by atoms with van der Waals surface area (Å²) in [6.07, 6.45) is 0. The number of halogens is 1. The molecule has 0 aliphatic heterocycles. The fourth-order valence-corrected chi connectivity index (χ4v) is 2.39. The molecule has 0 unspecified atom stereocenters. The number of nitrogens with one attached hydrogen (secondary N) is 1. The SMILES string of the molecule is COc1ccc(OCCNCc2cc(OC)c(OC)cc2Cl)cc1. The maximum Gasteiger partial charge on any atom is 0.162 e. The summed E-state index contributed by atoms with van der Waals surface area (Å²) in [5.74, 6) is 2.90. The highest BCUT2D eigenvalue weighted by Crippen LogP contribution is 2.32. The second kappa shape index (κ2) is 9.25. The molecule has 2 aromatic rings. The molecule has 0 fully saturated rings. The van der Waals surface area contributed by atoms with Crippen LogP contribution in [0.2, 0.25) is 5.02 Å². The highest BCUT2D eigenvalue weighted by molar-refractivity contribution is 6.31. The minimum absolute atomic E-state index is 0.553. The summed E-state index contributed by atoms with van der Waals surface area (Å²) >= 11 is 6.26. The zero-order valence-corrected chi connectivity index (χ0v) is 14.9. The van der Waals surface area contributed by atoms with Crippen molar-refractivity contribution < 1.29 is 18.9 Å². The zero-order valence-electron chi connectivity index (χ0n) is 14.1. The van der Waals surface area contributed by atoms with Gasteiger partial charge in [0.15, 0.2) is 11.5 Å². The van der Waals surface area contributed by atoms with E-state index in [1.807, 2.05) is 30.3 Å². The lowest BCUT2D eigenvalue weighted by atomic mass is 10.2. The van der Waals surface area contributed by atoms with Crippen LogP contribution >= 0.6 is 11.6 Å². The van der Waals surface area contributed by atoms with Crippen molar-refractivity contribution in [3.63, 3.8) is 0 Å². The lowest BCUT2D eigenvalue weighted by Gasteiger charge is -2.12. The molecule has 0 aliphatic carbocycles. The quantitative estimate of drug-likeness (QED) is 0.700. The fourth-order valence-electron chi connectivity index (χ4n) is 2.17. The molecular formula is C18H22ClNO4. The Balaban J connectivity index is 1.79. The number of methoxy groups -OCH3 is 3. The topological polar surface area (TPSA) is 49.0 Å². The van der Waals surface area contributed by atoms with Crippen molar-refractivity contribution in [2.45, 2.75) is 6.54 Å². The van der Waals surface area contributed by atoms with Crippen molar-refractivity contribution in [1.29, 1.82) is 0 Å². The number of hydrogen-bond donors (Lipinski definition) is 1. The van der Waals surface area contributed by atoms with Crippen LogP contribution < -0.4 is 24.3 Å². The summed E-state index contributed by atoms with van der Waals surface area (Å²) in [6, 6.07) is 11.1. The molecule has 0 bridgehead atoms. The summed E-state index contributed by atoms with van der Waals surface area (Å²) in [4.78, 5) is 0. The third-order valence-corrected chi connectivity index (χ3v) is 3.83. The van der Waals surface area contributed by atoms with Gasteiger partial charge in [0.05, 0.1) is 21.3 Å². The van der Waals surface area contributed by atoms with Gasteiger partial charge in [-0.05, 0) is 35.9 Å². The third kappa shape index (κ3) is 4.94. The smallest absolute Gasteiger partial charge is 0.162 e. The Hall–Kier alpha value is -2.11. The Morgan fingerprint density at radius 1 is 0.875 bits per heavy atom. The van der Waals surface area contributed by atoms with Gasteiger partial charge in [0.2, 0.25) is 0 Å². The summed E-state index contributed by atoms with van der Waals surface area (Å²) in [5, 5.41) is 3.93. The molecule has 5 nitrogen and oxygen atoms in total. The highest BCUT2D eigenvalue weighted by atomic mass is 35.5. The molecular weight excluding hydrogens is 330 g/mol. The first-order valence-corrected chi connectivity index (χ1v) is 7.93. The van der Waals surface area contributed by atoms with E-state index >= 15 is 0 Å². The summed E-state index contributed by atoms with van der Waals surface area (Å²) in [7, 11) is 4.83. The summed E-state index contributed by atoms with van der Waals surface area (Å²) in [6.45, 7) is 1.86. The maximum atomic E-state index is 6.26. The van der Waals surface area contributed by atoms with Crippen LogP contribution in [0.3, 0.4) is 0 Å². The van der Waals surface area contributed by atoms with Gasteiger partial charge in [-0.15, -0.1) is 0 Å². The van der Waals surface area contributed by atoms with Gasteiger partial charge in [0.1, 0.15) is 18.1 Å². The van der Waals surface area contributed by atoms with Gasteiger partial charge >= 0.3 is 0 Å². The van der Waals surface area contributed by atoms with Gasteiger partial charge in [-0.3, -0.25) is 0 Å². The first kappa shape index (κ1) is 18.2. The molecule has 24 heavy (non-hydrogen) atoms. The van der Waals surface area contributed by atoms with Gasteiger partial charge in [-0.2, -0.15) is 0 Å². The molecule has 1 N–H and O–H groups in total. The average Bonchev–Trinajstić information content (AvgIpc) is 2.62. The van der Waals surface area contributed by atoms with E-state index < -0.39 is 0 Å². The van der Waals surface area contributed by atoms with Gasteiger partial charge < -0.3 is 24.3 Å². The Morgan fingerprint density at radius 2 is 1.50 bits per heavy atom. The van der Waals surface area contributed by atoms with Crippen molar-refractivity contribution in [3.8, 4) is 23.0 Å².